The van der Waals surface area contributed by atoms with Gasteiger partial charge < -0.3 is 14.6 Å². The summed E-state index contributed by atoms with van der Waals surface area (Å²) in [5, 5.41) is 11.1. The summed E-state index contributed by atoms with van der Waals surface area (Å²) in [6.45, 7) is 3.56. The first-order valence-corrected chi connectivity index (χ1v) is 9.84. The Morgan fingerprint density at radius 1 is 1.15 bits per heavy atom. The van der Waals surface area contributed by atoms with E-state index in [0.717, 1.165) is 57.4 Å². The molecule has 0 radical (unpaired) electrons. The van der Waals surface area contributed by atoms with Crippen molar-refractivity contribution < 1.29 is 9.90 Å². The second kappa shape index (κ2) is 7.41. The topological polar surface area (TPSA) is 48.7 Å². The van der Waals surface area contributed by atoms with Crippen LogP contribution in [-0.4, -0.2) is 63.7 Å². The number of amides is 1. The van der Waals surface area contributed by atoms with Crippen LogP contribution < -0.4 is 0 Å². The van der Waals surface area contributed by atoms with Crippen LogP contribution in [0.5, 0.6) is 0 Å². The number of likely N-dealkylation sites (tertiary alicyclic amines) is 2. The Bertz CT molecular complexity index is 777. The van der Waals surface area contributed by atoms with Gasteiger partial charge in [-0.05, 0) is 43.9 Å². The van der Waals surface area contributed by atoms with Crippen LogP contribution in [0.4, 0.5) is 0 Å². The molecule has 0 saturated carbocycles. The zero-order valence-electron chi connectivity index (χ0n) is 15.6. The van der Waals surface area contributed by atoms with Gasteiger partial charge in [0.25, 0.3) is 0 Å². The standard InChI is InChI=1S/C21H29N3O2/c1-22-14-16(19-6-2-3-7-20(19)22)13-21(26)23-11-8-17(9-12-23)24-10-4-5-18(25)15-24/h2-3,6-7,14,17-18,25H,4-5,8-13,15H2,1H3/t18-/m0/s1. The largest absolute Gasteiger partial charge is 0.392 e. The van der Waals surface area contributed by atoms with Gasteiger partial charge in [-0.3, -0.25) is 9.69 Å². The van der Waals surface area contributed by atoms with Gasteiger partial charge in [-0.1, -0.05) is 18.2 Å². The number of benzene rings is 1. The highest BCUT2D eigenvalue weighted by atomic mass is 16.3. The number of piperidine rings is 2. The number of β-amino-alcohol motifs (C(OH)–C–C–N with tert-alkyl or cyclic N) is 1. The fraction of sp³-hybridized carbons (Fsp3) is 0.571. The summed E-state index contributed by atoms with van der Waals surface area (Å²) in [5.74, 6) is 0.235. The Labute approximate surface area is 155 Å². The first kappa shape index (κ1) is 17.6. The van der Waals surface area contributed by atoms with Crippen LogP contribution in [0.1, 0.15) is 31.2 Å². The minimum absolute atomic E-state index is 0.172. The molecule has 0 unspecified atom stereocenters. The van der Waals surface area contributed by atoms with E-state index in [-0.39, 0.29) is 12.0 Å². The SMILES string of the molecule is Cn1cc(CC(=O)N2CCC(N3CCC[C@H](O)C3)CC2)c2ccccc21. The number of fused-ring (bicyclic) bond motifs is 1. The molecule has 2 aliphatic heterocycles. The van der Waals surface area contributed by atoms with Gasteiger partial charge in [0.1, 0.15) is 0 Å². The predicted molar refractivity (Wildman–Crippen MR) is 103 cm³/mol. The molecule has 5 nitrogen and oxygen atoms in total. The molecule has 1 amide bonds. The number of nitrogens with zero attached hydrogens (tertiary/aromatic N) is 3. The number of aliphatic hydroxyl groups is 1. The summed E-state index contributed by atoms with van der Waals surface area (Å²) in [6.07, 6.45) is 6.45. The molecule has 0 bridgehead atoms. The van der Waals surface area contributed by atoms with Crippen molar-refractivity contribution >= 4 is 16.8 Å². The van der Waals surface area contributed by atoms with E-state index in [0.29, 0.717) is 12.5 Å². The maximum Gasteiger partial charge on any atom is 0.227 e. The highest BCUT2D eigenvalue weighted by Gasteiger charge is 2.29. The lowest BCUT2D eigenvalue weighted by Gasteiger charge is -2.41. The lowest BCUT2D eigenvalue weighted by molar-refractivity contribution is -0.132. The molecular formula is C21H29N3O2. The van der Waals surface area contributed by atoms with E-state index in [9.17, 15) is 9.90 Å². The minimum atomic E-state index is -0.172. The van der Waals surface area contributed by atoms with Crippen LogP contribution in [0.2, 0.25) is 0 Å². The number of rotatable bonds is 3. The van der Waals surface area contributed by atoms with Crippen LogP contribution in [0, 0.1) is 0 Å². The Morgan fingerprint density at radius 3 is 2.69 bits per heavy atom. The van der Waals surface area contributed by atoms with Crippen molar-refractivity contribution in [1.82, 2.24) is 14.4 Å². The van der Waals surface area contributed by atoms with Gasteiger partial charge >= 0.3 is 0 Å². The maximum absolute atomic E-state index is 12.8. The first-order valence-electron chi connectivity index (χ1n) is 9.84. The van der Waals surface area contributed by atoms with Gasteiger partial charge in [-0.2, -0.15) is 0 Å². The molecule has 26 heavy (non-hydrogen) atoms. The van der Waals surface area contributed by atoms with Crippen LogP contribution in [-0.2, 0) is 18.3 Å². The first-order chi connectivity index (χ1) is 12.6. The highest BCUT2D eigenvalue weighted by molar-refractivity contribution is 5.89. The van der Waals surface area contributed by atoms with Crippen molar-refractivity contribution in [2.45, 2.75) is 44.2 Å². The molecule has 2 saturated heterocycles. The van der Waals surface area contributed by atoms with Crippen LogP contribution >= 0.6 is 0 Å². The Kier molecular flexibility index (Phi) is 5.00. The number of carbonyl (C=O) groups is 1. The van der Waals surface area contributed by atoms with Crippen LogP contribution in [0.15, 0.2) is 30.5 Å². The van der Waals surface area contributed by atoms with E-state index in [1.165, 1.54) is 10.9 Å². The van der Waals surface area contributed by atoms with Gasteiger partial charge in [0.2, 0.25) is 5.91 Å². The minimum Gasteiger partial charge on any atom is -0.392 e. The molecule has 140 valence electrons. The van der Waals surface area contributed by atoms with Crippen molar-refractivity contribution in [1.29, 1.82) is 0 Å². The molecule has 2 aromatic rings. The third kappa shape index (κ3) is 3.51. The number of aryl methyl sites for hydroxylation is 1. The zero-order valence-corrected chi connectivity index (χ0v) is 15.6. The van der Waals surface area contributed by atoms with Crippen molar-refractivity contribution in [2.24, 2.45) is 7.05 Å². The third-order valence-corrected chi connectivity index (χ3v) is 6.08. The summed E-state index contributed by atoms with van der Waals surface area (Å²) >= 11 is 0. The highest BCUT2D eigenvalue weighted by Crippen LogP contribution is 2.24. The Morgan fingerprint density at radius 2 is 1.92 bits per heavy atom. The second-order valence-electron chi connectivity index (χ2n) is 7.86. The van der Waals surface area contributed by atoms with E-state index < -0.39 is 0 Å². The summed E-state index contributed by atoms with van der Waals surface area (Å²) < 4.78 is 2.10. The molecule has 1 atom stereocenters. The average molecular weight is 355 g/mol. The Hall–Kier alpha value is -1.85. The van der Waals surface area contributed by atoms with Crippen molar-refractivity contribution in [2.75, 3.05) is 26.2 Å². The maximum atomic E-state index is 12.8. The van der Waals surface area contributed by atoms with Crippen molar-refractivity contribution in [3.05, 3.63) is 36.0 Å². The van der Waals surface area contributed by atoms with Crippen LogP contribution in [0.25, 0.3) is 10.9 Å². The Balaban J connectivity index is 1.36. The normalized spacial score (nSPS) is 22.8. The lowest BCUT2D eigenvalue weighted by Crippen LogP contribution is -2.50. The molecule has 0 spiro atoms. The number of hydrogen-bond donors (Lipinski definition) is 1. The monoisotopic (exact) mass is 355 g/mol. The van der Waals surface area contributed by atoms with Gasteiger partial charge in [-0.25, -0.2) is 0 Å². The molecule has 1 aromatic heterocycles. The quantitative estimate of drug-likeness (QED) is 0.918. The number of aromatic nitrogens is 1. The van der Waals surface area contributed by atoms with E-state index in [1.54, 1.807) is 0 Å². The summed E-state index contributed by atoms with van der Waals surface area (Å²) in [4.78, 5) is 17.3. The number of para-hydroxylation sites is 1. The fourth-order valence-corrected chi connectivity index (χ4v) is 4.64. The zero-order chi connectivity index (χ0) is 18.1. The molecule has 1 aromatic carbocycles. The number of carbonyl (C=O) groups excluding carboxylic acids is 1. The van der Waals surface area contributed by atoms with Gasteiger partial charge in [0, 0.05) is 49.8 Å². The molecule has 3 heterocycles. The molecule has 0 aliphatic carbocycles. The van der Waals surface area contributed by atoms with Gasteiger partial charge in [0.05, 0.1) is 12.5 Å². The van der Waals surface area contributed by atoms with Gasteiger partial charge in [0.15, 0.2) is 0 Å². The average Bonchev–Trinajstić information content (AvgIpc) is 2.98. The summed E-state index contributed by atoms with van der Waals surface area (Å²) in [6, 6.07) is 8.80. The molecule has 2 fully saturated rings. The molecule has 5 heteroatoms. The fourth-order valence-electron chi connectivity index (χ4n) is 4.64. The van der Waals surface area contributed by atoms with E-state index in [4.69, 9.17) is 0 Å². The lowest BCUT2D eigenvalue weighted by atomic mass is 9.98. The third-order valence-electron chi connectivity index (χ3n) is 6.08. The molecule has 2 aliphatic rings. The van der Waals surface area contributed by atoms with E-state index in [2.05, 4.69) is 27.8 Å². The molecule has 1 N–H and O–H groups in total. The molecular weight excluding hydrogens is 326 g/mol. The smallest absolute Gasteiger partial charge is 0.227 e. The number of aliphatic hydroxyl groups excluding tert-OH is 1. The van der Waals surface area contributed by atoms with Crippen molar-refractivity contribution in [3.63, 3.8) is 0 Å². The summed E-state index contributed by atoms with van der Waals surface area (Å²) in [5.41, 5.74) is 2.30. The number of hydrogen-bond acceptors (Lipinski definition) is 3. The van der Waals surface area contributed by atoms with Crippen molar-refractivity contribution in [3.8, 4) is 0 Å². The van der Waals surface area contributed by atoms with Crippen LogP contribution in [0.3, 0.4) is 0 Å². The van der Waals surface area contributed by atoms with E-state index >= 15 is 0 Å². The van der Waals surface area contributed by atoms with E-state index in [1.807, 2.05) is 24.1 Å². The van der Waals surface area contributed by atoms with Gasteiger partial charge in [-0.15, -0.1) is 0 Å². The molecule has 4 rings (SSSR count). The summed E-state index contributed by atoms with van der Waals surface area (Å²) in [7, 11) is 2.04. The second-order valence-corrected chi connectivity index (χ2v) is 7.86. The predicted octanol–water partition coefficient (Wildman–Crippen LogP) is 2.17.